The van der Waals surface area contributed by atoms with E-state index >= 15 is 0 Å². The predicted octanol–water partition coefficient (Wildman–Crippen LogP) is 6.01. The standard InChI is InChI=1S/C24H30/c1-4-13-10-19-22(16(13)7-1)20-11-14-5-2-9-18(14)24(20)21-12-15-6-3-8-17(15)23(19)21/h13-18H,1-12H2. The average Bonchev–Trinajstić information content (AvgIpc) is 3.32. The summed E-state index contributed by atoms with van der Waals surface area (Å²) in [5.41, 5.74) is 11.8. The van der Waals surface area contributed by atoms with Crippen molar-refractivity contribution < 1.29 is 0 Å². The van der Waals surface area contributed by atoms with E-state index in [1.165, 1.54) is 77.0 Å². The SMILES string of the molecule is C1CC2Cc3c(c4c(c5c3C3CCCC3C5)C3CCCC3C4)C2C1. The molecule has 6 unspecified atom stereocenters. The molecule has 0 nitrogen and oxygen atoms in total. The molecule has 0 radical (unpaired) electrons. The van der Waals surface area contributed by atoms with Gasteiger partial charge < -0.3 is 0 Å². The van der Waals surface area contributed by atoms with Crippen LogP contribution in [0.5, 0.6) is 0 Å². The molecule has 6 atom stereocenters. The number of fused-ring (bicyclic) bond motifs is 12. The Bertz CT molecular complexity index is 620. The molecule has 0 amide bonds. The topological polar surface area (TPSA) is 0 Å². The molecule has 0 aliphatic heterocycles. The van der Waals surface area contributed by atoms with Crippen LogP contribution in [0.25, 0.3) is 0 Å². The highest BCUT2D eigenvalue weighted by atomic mass is 14.5. The minimum absolute atomic E-state index is 0.985. The van der Waals surface area contributed by atoms with Crippen molar-refractivity contribution in [3.8, 4) is 0 Å². The van der Waals surface area contributed by atoms with Crippen LogP contribution in [-0.4, -0.2) is 0 Å². The van der Waals surface area contributed by atoms with Gasteiger partial charge in [0.2, 0.25) is 0 Å². The second-order valence-electron chi connectivity index (χ2n) is 10.2. The second kappa shape index (κ2) is 4.49. The molecular weight excluding hydrogens is 288 g/mol. The van der Waals surface area contributed by atoms with Gasteiger partial charge in [0, 0.05) is 0 Å². The first-order chi connectivity index (χ1) is 11.9. The Hall–Kier alpha value is -0.780. The first kappa shape index (κ1) is 13.4. The third-order valence-corrected chi connectivity index (χ3v) is 9.44. The van der Waals surface area contributed by atoms with Crippen molar-refractivity contribution in [1.29, 1.82) is 0 Å². The molecule has 0 N–H and O–H groups in total. The van der Waals surface area contributed by atoms with Gasteiger partial charge in [-0.15, -0.1) is 0 Å². The van der Waals surface area contributed by atoms with E-state index in [9.17, 15) is 0 Å². The van der Waals surface area contributed by atoms with Crippen LogP contribution in [0.1, 0.15) is 109 Å². The zero-order valence-electron chi connectivity index (χ0n) is 14.9. The van der Waals surface area contributed by atoms with E-state index in [2.05, 4.69) is 0 Å². The van der Waals surface area contributed by atoms with Crippen LogP contribution in [-0.2, 0) is 19.3 Å². The van der Waals surface area contributed by atoms with E-state index in [1.54, 1.807) is 0 Å². The molecule has 0 aromatic heterocycles. The summed E-state index contributed by atoms with van der Waals surface area (Å²) >= 11 is 0. The fourth-order valence-corrected chi connectivity index (χ4v) is 8.75. The highest BCUT2D eigenvalue weighted by Crippen LogP contribution is 2.62. The molecule has 3 saturated carbocycles. The van der Waals surface area contributed by atoms with Crippen molar-refractivity contribution in [3.05, 3.63) is 33.4 Å². The highest BCUT2D eigenvalue weighted by molar-refractivity contribution is 5.62. The van der Waals surface area contributed by atoms with Gasteiger partial charge in [-0.1, -0.05) is 19.3 Å². The van der Waals surface area contributed by atoms with Crippen LogP contribution in [0, 0.1) is 17.8 Å². The number of rotatable bonds is 0. The zero-order chi connectivity index (χ0) is 15.4. The van der Waals surface area contributed by atoms with Crippen LogP contribution < -0.4 is 0 Å². The first-order valence-electron chi connectivity index (χ1n) is 11.1. The van der Waals surface area contributed by atoms with Gasteiger partial charge in [0.25, 0.3) is 0 Å². The minimum atomic E-state index is 0.985. The summed E-state index contributed by atoms with van der Waals surface area (Å²) < 4.78 is 0. The number of hydrogen-bond donors (Lipinski definition) is 0. The zero-order valence-corrected chi connectivity index (χ0v) is 14.9. The van der Waals surface area contributed by atoms with Crippen LogP contribution in [0.4, 0.5) is 0 Å². The van der Waals surface area contributed by atoms with Crippen molar-refractivity contribution >= 4 is 0 Å². The van der Waals surface area contributed by atoms with Gasteiger partial charge in [-0.05, 0) is 127 Å². The van der Waals surface area contributed by atoms with Crippen molar-refractivity contribution in [1.82, 2.24) is 0 Å². The predicted molar refractivity (Wildman–Crippen MR) is 97.8 cm³/mol. The van der Waals surface area contributed by atoms with E-state index in [-0.39, 0.29) is 0 Å². The summed E-state index contributed by atoms with van der Waals surface area (Å²) in [6.45, 7) is 0. The highest BCUT2D eigenvalue weighted by Gasteiger charge is 2.50. The average molecular weight is 319 g/mol. The lowest BCUT2D eigenvalue weighted by molar-refractivity contribution is 0.514. The molecule has 24 heavy (non-hydrogen) atoms. The summed E-state index contributed by atoms with van der Waals surface area (Å²) in [5.74, 6) is 6.07. The van der Waals surface area contributed by atoms with E-state index in [0.29, 0.717) is 0 Å². The molecule has 6 aliphatic rings. The Morgan fingerprint density at radius 2 is 0.750 bits per heavy atom. The Balaban J connectivity index is 1.52. The Kier molecular flexibility index (Phi) is 2.51. The summed E-state index contributed by atoms with van der Waals surface area (Å²) in [6.07, 6.45) is 18.1. The smallest absolute Gasteiger partial charge is 0.0125 e. The second-order valence-corrected chi connectivity index (χ2v) is 10.2. The Morgan fingerprint density at radius 3 is 1.08 bits per heavy atom. The van der Waals surface area contributed by atoms with Crippen LogP contribution >= 0.6 is 0 Å². The van der Waals surface area contributed by atoms with E-state index in [0.717, 1.165) is 35.5 Å². The Labute approximate surface area is 146 Å². The Morgan fingerprint density at radius 1 is 0.417 bits per heavy atom. The molecule has 0 heteroatoms. The molecule has 1 aromatic carbocycles. The van der Waals surface area contributed by atoms with Crippen LogP contribution in [0.2, 0.25) is 0 Å². The van der Waals surface area contributed by atoms with Gasteiger partial charge in [0.15, 0.2) is 0 Å². The third-order valence-electron chi connectivity index (χ3n) is 9.44. The largest absolute Gasteiger partial charge is 0.0524 e. The summed E-state index contributed by atoms with van der Waals surface area (Å²) in [6, 6.07) is 0. The lowest BCUT2D eigenvalue weighted by Gasteiger charge is -2.22. The van der Waals surface area contributed by atoms with Gasteiger partial charge in [-0.2, -0.15) is 0 Å². The fraction of sp³-hybridized carbons (Fsp3) is 0.750. The molecule has 0 heterocycles. The summed E-state index contributed by atoms with van der Waals surface area (Å²) in [5, 5.41) is 0. The summed E-state index contributed by atoms with van der Waals surface area (Å²) in [7, 11) is 0. The quantitative estimate of drug-likeness (QED) is 0.550. The fourth-order valence-electron chi connectivity index (χ4n) is 8.75. The van der Waals surface area contributed by atoms with Gasteiger partial charge >= 0.3 is 0 Å². The lowest BCUT2D eigenvalue weighted by Crippen LogP contribution is -2.07. The normalized spacial score (nSPS) is 43.5. The van der Waals surface area contributed by atoms with Crippen molar-refractivity contribution in [2.45, 2.75) is 94.8 Å². The molecule has 7 rings (SSSR count). The van der Waals surface area contributed by atoms with Crippen molar-refractivity contribution in [2.24, 2.45) is 17.8 Å². The monoisotopic (exact) mass is 318 g/mol. The first-order valence-corrected chi connectivity index (χ1v) is 11.1. The van der Waals surface area contributed by atoms with Gasteiger partial charge in [-0.3, -0.25) is 0 Å². The molecule has 1 aromatic rings. The minimum Gasteiger partial charge on any atom is -0.0524 e. The third kappa shape index (κ3) is 1.45. The lowest BCUT2D eigenvalue weighted by atomic mass is 9.82. The van der Waals surface area contributed by atoms with Crippen LogP contribution in [0.3, 0.4) is 0 Å². The van der Waals surface area contributed by atoms with E-state index in [1.807, 2.05) is 33.4 Å². The molecule has 6 aliphatic carbocycles. The molecule has 0 spiro atoms. The maximum atomic E-state index is 1.98. The maximum absolute atomic E-state index is 1.98. The molecular formula is C24H30. The number of hydrogen-bond acceptors (Lipinski definition) is 0. The van der Waals surface area contributed by atoms with Gasteiger partial charge in [-0.25, -0.2) is 0 Å². The van der Waals surface area contributed by atoms with Crippen LogP contribution in [0.15, 0.2) is 0 Å². The molecule has 0 bridgehead atoms. The van der Waals surface area contributed by atoms with E-state index in [4.69, 9.17) is 0 Å². The molecule has 126 valence electrons. The van der Waals surface area contributed by atoms with E-state index < -0.39 is 0 Å². The molecule has 0 saturated heterocycles. The van der Waals surface area contributed by atoms with Gasteiger partial charge in [0.05, 0.1) is 0 Å². The van der Waals surface area contributed by atoms with Crippen molar-refractivity contribution in [2.75, 3.05) is 0 Å². The summed E-state index contributed by atoms with van der Waals surface area (Å²) in [4.78, 5) is 0. The maximum Gasteiger partial charge on any atom is -0.0125 e. The van der Waals surface area contributed by atoms with Crippen molar-refractivity contribution in [3.63, 3.8) is 0 Å². The number of benzene rings is 1. The van der Waals surface area contributed by atoms with Gasteiger partial charge in [0.1, 0.15) is 0 Å². The molecule has 3 fully saturated rings.